The van der Waals surface area contributed by atoms with Gasteiger partial charge in [-0.3, -0.25) is 14.7 Å². The molecule has 22 heavy (non-hydrogen) atoms. The number of aromatic amines is 1. The third kappa shape index (κ3) is 3.14. The van der Waals surface area contributed by atoms with Crippen molar-refractivity contribution in [1.29, 1.82) is 0 Å². The van der Waals surface area contributed by atoms with E-state index in [4.69, 9.17) is 4.74 Å². The molecular formula is C15H22N4O3. The lowest BCUT2D eigenvalue weighted by atomic mass is 9.98. The second kappa shape index (κ2) is 6.48. The molecule has 7 heteroatoms. The van der Waals surface area contributed by atoms with Crippen LogP contribution in [0.5, 0.6) is 0 Å². The third-order valence-electron chi connectivity index (χ3n) is 4.60. The fourth-order valence-electron chi connectivity index (χ4n) is 3.18. The molecule has 3 heterocycles. The molecule has 2 saturated heterocycles. The van der Waals surface area contributed by atoms with Crippen LogP contribution in [0.25, 0.3) is 0 Å². The zero-order chi connectivity index (χ0) is 15.5. The Labute approximate surface area is 129 Å². The maximum Gasteiger partial charge on any atom is 0.248 e. The van der Waals surface area contributed by atoms with Crippen molar-refractivity contribution in [3.63, 3.8) is 0 Å². The molecule has 2 aliphatic rings. The van der Waals surface area contributed by atoms with Crippen molar-refractivity contribution < 1.29 is 14.3 Å². The van der Waals surface area contributed by atoms with Gasteiger partial charge in [0.05, 0.1) is 18.3 Å². The number of rotatable bonds is 4. The molecule has 2 aliphatic heterocycles. The first-order valence-electron chi connectivity index (χ1n) is 7.78. The molecule has 2 fully saturated rings. The summed E-state index contributed by atoms with van der Waals surface area (Å²) in [5.41, 5.74) is 1.12. The van der Waals surface area contributed by atoms with Crippen LogP contribution in [0.2, 0.25) is 0 Å². The van der Waals surface area contributed by atoms with Crippen molar-refractivity contribution in [2.24, 2.45) is 0 Å². The van der Waals surface area contributed by atoms with Gasteiger partial charge in [-0.05, 0) is 24.8 Å². The first-order valence-corrected chi connectivity index (χ1v) is 7.78. The predicted molar refractivity (Wildman–Crippen MR) is 79.0 cm³/mol. The van der Waals surface area contributed by atoms with Gasteiger partial charge in [0.1, 0.15) is 6.61 Å². The number of likely N-dealkylation sites (tertiary alicyclic amines) is 1. The van der Waals surface area contributed by atoms with Crippen LogP contribution in [0.3, 0.4) is 0 Å². The van der Waals surface area contributed by atoms with Crippen LogP contribution >= 0.6 is 0 Å². The van der Waals surface area contributed by atoms with Crippen molar-refractivity contribution in [1.82, 2.24) is 20.0 Å². The van der Waals surface area contributed by atoms with Crippen LogP contribution in [0.15, 0.2) is 12.4 Å². The van der Waals surface area contributed by atoms with E-state index in [-0.39, 0.29) is 30.6 Å². The third-order valence-corrected chi connectivity index (χ3v) is 4.60. The van der Waals surface area contributed by atoms with E-state index >= 15 is 0 Å². The highest BCUT2D eigenvalue weighted by atomic mass is 16.5. The second-order valence-corrected chi connectivity index (χ2v) is 6.01. The molecule has 1 aromatic heterocycles. The van der Waals surface area contributed by atoms with E-state index in [1.807, 2.05) is 11.1 Å². The Kier molecular flexibility index (Phi) is 4.42. The average molecular weight is 306 g/mol. The largest absolute Gasteiger partial charge is 0.366 e. The molecule has 1 aromatic rings. The maximum absolute atomic E-state index is 12.3. The molecule has 0 bridgehead atoms. The topological polar surface area (TPSA) is 78.5 Å². The van der Waals surface area contributed by atoms with Gasteiger partial charge < -0.3 is 14.5 Å². The minimum absolute atomic E-state index is 0.00416. The Morgan fingerprint density at radius 2 is 2.41 bits per heavy atom. The molecule has 0 aromatic carbocycles. The van der Waals surface area contributed by atoms with Crippen LogP contribution in [0.1, 0.15) is 24.8 Å². The number of aromatic nitrogens is 2. The van der Waals surface area contributed by atoms with Crippen LogP contribution in [-0.2, 0) is 20.7 Å². The Bertz CT molecular complexity index is 531. The minimum Gasteiger partial charge on any atom is -0.366 e. The van der Waals surface area contributed by atoms with E-state index in [1.54, 1.807) is 18.1 Å². The highest BCUT2D eigenvalue weighted by molar-refractivity contribution is 5.79. The Balaban J connectivity index is 1.49. The summed E-state index contributed by atoms with van der Waals surface area (Å²) in [5, 5.41) is 6.67. The SMILES string of the molecule is CN1C(=O)CO[C@@H]2CCN(C(=O)CCCc3cn[nH]c3)C[C@@H]21. The zero-order valence-electron chi connectivity index (χ0n) is 12.8. The summed E-state index contributed by atoms with van der Waals surface area (Å²) in [6, 6.07) is -0.00664. The number of nitrogens with zero attached hydrogens (tertiary/aromatic N) is 3. The van der Waals surface area contributed by atoms with Crippen molar-refractivity contribution in [3.8, 4) is 0 Å². The normalized spacial score (nSPS) is 25.2. The van der Waals surface area contributed by atoms with E-state index < -0.39 is 0 Å². The van der Waals surface area contributed by atoms with Gasteiger partial charge in [-0.2, -0.15) is 5.10 Å². The van der Waals surface area contributed by atoms with E-state index in [1.165, 1.54) is 0 Å². The summed E-state index contributed by atoms with van der Waals surface area (Å²) < 4.78 is 5.58. The van der Waals surface area contributed by atoms with Gasteiger partial charge >= 0.3 is 0 Å². The number of H-pyrrole nitrogens is 1. The molecule has 2 atom stereocenters. The Morgan fingerprint density at radius 3 is 3.18 bits per heavy atom. The van der Waals surface area contributed by atoms with E-state index in [2.05, 4.69) is 10.2 Å². The van der Waals surface area contributed by atoms with Crippen molar-refractivity contribution in [2.75, 3.05) is 26.7 Å². The van der Waals surface area contributed by atoms with Crippen molar-refractivity contribution in [3.05, 3.63) is 18.0 Å². The summed E-state index contributed by atoms with van der Waals surface area (Å²) in [5.74, 6) is 0.156. The van der Waals surface area contributed by atoms with Gasteiger partial charge in [-0.1, -0.05) is 0 Å². The minimum atomic E-state index is -0.00664. The van der Waals surface area contributed by atoms with Gasteiger partial charge in [-0.25, -0.2) is 0 Å². The summed E-state index contributed by atoms with van der Waals surface area (Å²) in [6.45, 7) is 1.46. The molecule has 3 rings (SSSR count). The molecule has 0 aliphatic carbocycles. The molecule has 0 radical (unpaired) electrons. The summed E-state index contributed by atoms with van der Waals surface area (Å²) >= 11 is 0. The van der Waals surface area contributed by atoms with Gasteiger partial charge in [0, 0.05) is 32.8 Å². The summed E-state index contributed by atoms with van der Waals surface area (Å²) in [4.78, 5) is 27.7. The number of morpholine rings is 1. The van der Waals surface area contributed by atoms with Gasteiger partial charge in [0.15, 0.2) is 0 Å². The lowest BCUT2D eigenvalue weighted by Gasteiger charge is -2.45. The monoisotopic (exact) mass is 306 g/mol. The number of hydrogen-bond acceptors (Lipinski definition) is 4. The highest BCUT2D eigenvalue weighted by Gasteiger charge is 2.39. The number of piperidine rings is 1. The van der Waals surface area contributed by atoms with Crippen molar-refractivity contribution in [2.45, 2.75) is 37.8 Å². The predicted octanol–water partition coefficient (Wildman–Crippen LogP) is 0.191. The number of nitrogens with one attached hydrogen (secondary N) is 1. The second-order valence-electron chi connectivity index (χ2n) is 6.01. The van der Waals surface area contributed by atoms with Crippen LogP contribution in [0, 0.1) is 0 Å². The lowest BCUT2D eigenvalue weighted by molar-refractivity contribution is -0.163. The summed E-state index contributed by atoms with van der Waals surface area (Å²) in [7, 11) is 1.80. The number of amides is 2. The highest BCUT2D eigenvalue weighted by Crippen LogP contribution is 2.23. The molecule has 1 N–H and O–H groups in total. The number of aryl methyl sites for hydroxylation is 1. The Hall–Kier alpha value is -1.89. The van der Waals surface area contributed by atoms with Gasteiger partial charge in [0.25, 0.3) is 0 Å². The van der Waals surface area contributed by atoms with Crippen molar-refractivity contribution >= 4 is 11.8 Å². The molecular weight excluding hydrogens is 284 g/mol. The number of likely N-dealkylation sites (N-methyl/N-ethyl adjacent to an activating group) is 1. The zero-order valence-corrected chi connectivity index (χ0v) is 12.8. The smallest absolute Gasteiger partial charge is 0.248 e. The standard InChI is InChI=1S/C15H22N4O3/c1-18-12-9-19(6-5-13(12)22-10-15(18)21)14(20)4-2-3-11-7-16-17-8-11/h7-8,12-13H,2-6,9-10H2,1H3,(H,16,17)/t12-,13+/m0/s1. The quantitative estimate of drug-likeness (QED) is 0.861. The molecule has 2 amide bonds. The lowest BCUT2D eigenvalue weighted by Crippen LogP contribution is -2.61. The number of hydrogen-bond donors (Lipinski definition) is 1. The summed E-state index contributed by atoms with van der Waals surface area (Å²) in [6.07, 6.45) is 6.71. The average Bonchev–Trinajstić information content (AvgIpc) is 3.04. The van der Waals surface area contributed by atoms with Crippen LogP contribution in [0.4, 0.5) is 0 Å². The molecule has 0 spiro atoms. The number of carbonyl (C=O) groups is 2. The van der Waals surface area contributed by atoms with Gasteiger partial charge in [0.2, 0.25) is 11.8 Å². The first kappa shape index (κ1) is 15.0. The Morgan fingerprint density at radius 1 is 1.55 bits per heavy atom. The number of ether oxygens (including phenoxy) is 1. The van der Waals surface area contributed by atoms with Crippen LogP contribution in [-0.4, -0.2) is 70.7 Å². The molecule has 0 unspecified atom stereocenters. The van der Waals surface area contributed by atoms with Gasteiger partial charge in [-0.15, -0.1) is 0 Å². The van der Waals surface area contributed by atoms with Crippen LogP contribution < -0.4 is 0 Å². The number of carbonyl (C=O) groups excluding carboxylic acids is 2. The fourth-order valence-corrected chi connectivity index (χ4v) is 3.18. The molecule has 7 nitrogen and oxygen atoms in total. The number of fused-ring (bicyclic) bond motifs is 1. The van der Waals surface area contributed by atoms with E-state index in [0.717, 1.165) is 24.8 Å². The maximum atomic E-state index is 12.3. The first-order chi connectivity index (χ1) is 10.6. The molecule has 0 saturated carbocycles. The van der Waals surface area contributed by atoms with E-state index in [0.29, 0.717) is 19.5 Å². The molecule has 120 valence electrons. The fraction of sp³-hybridized carbons (Fsp3) is 0.667. The van der Waals surface area contributed by atoms with E-state index in [9.17, 15) is 9.59 Å².